The summed E-state index contributed by atoms with van der Waals surface area (Å²) < 4.78 is 15.8. The fourth-order valence-electron chi connectivity index (χ4n) is 1.39. The van der Waals surface area contributed by atoms with Gasteiger partial charge in [-0.05, 0) is 7.05 Å². The Morgan fingerprint density at radius 2 is 1.61 bits per heavy atom. The van der Waals surface area contributed by atoms with Crippen molar-refractivity contribution in [2.75, 3.05) is 47.4 Å². The van der Waals surface area contributed by atoms with Gasteiger partial charge in [0.1, 0.15) is 0 Å². The van der Waals surface area contributed by atoms with Crippen LogP contribution in [0.15, 0.2) is 0 Å². The molecule has 0 amide bonds. The molecule has 0 rings (SSSR count). The third kappa shape index (κ3) is 22.1. The van der Waals surface area contributed by atoms with Gasteiger partial charge in [0.2, 0.25) is 0 Å². The Morgan fingerprint density at radius 1 is 1.11 bits per heavy atom. The zero-order valence-corrected chi connectivity index (χ0v) is 13.7. The lowest BCUT2D eigenvalue weighted by atomic mass is 10.3. The third-order valence-corrected chi connectivity index (χ3v) is 2.53. The van der Waals surface area contributed by atoms with Gasteiger partial charge in [-0.25, -0.2) is 4.57 Å². The molecule has 0 aliphatic carbocycles. The van der Waals surface area contributed by atoms with Crippen LogP contribution in [0.5, 0.6) is 0 Å². The van der Waals surface area contributed by atoms with Crippen LogP contribution in [0.4, 0.5) is 0 Å². The van der Waals surface area contributed by atoms with Gasteiger partial charge in [0.15, 0.2) is 0 Å². The van der Waals surface area contributed by atoms with Gasteiger partial charge >= 0.3 is 8.69 Å². The highest BCUT2D eigenvalue weighted by atomic mass is 35.5. The third-order valence-electron chi connectivity index (χ3n) is 2.24. The average molecular weight is 344 g/mol. The van der Waals surface area contributed by atoms with E-state index >= 15 is 0 Å². The Bertz CT molecular complexity index is 166. The van der Waals surface area contributed by atoms with Gasteiger partial charge in [0.05, 0.1) is 33.8 Å². The molecule has 1 N–H and O–H groups in total. The first-order valence-electron chi connectivity index (χ1n) is 5.03. The van der Waals surface area contributed by atoms with Gasteiger partial charge in [-0.3, -0.25) is 4.52 Å². The second kappa shape index (κ2) is 20.2. The summed E-state index contributed by atoms with van der Waals surface area (Å²) in [5.74, 6) is 0. The largest absolute Gasteiger partial charge is 1.00 e. The first-order chi connectivity index (χ1) is 6.62. The smallest absolute Gasteiger partial charge is 0.327 e. The molecule has 0 unspecified atom stereocenters. The maximum Gasteiger partial charge on any atom is 0.327 e. The van der Waals surface area contributed by atoms with E-state index in [1.165, 1.54) is 6.42 Å². The summed E-state index contributed by atoms with van der Waals surface area (Å²) in [6.45, 7) is 3.88. The Hall–Kier alpha value is 0.850. The zero-order chi connectivity index (χ0) is 10.9. The summed E-state index contributed by atoms with van der Waals surface area (Å²) in [6, 6.07) is 0. The normalized spacial score (nSPS) is 9.50. The Balaban J connectivity index is -0.000000141. The van der Waals surface area contributed by atoms with Crippen molar-refractivity contribution in [3.05, 3.63) is 0 Å². The minimum Gasteiger partial charge on any atom is -1.00 e. The molecular formula is C10H26Cl3N2O2P-2. The molecule has 0 saturated heterocycles. The van der Waals surface area contributed by atoms with Crippen molar-refractivity contribution >= 4 is 8.69 Å². The molecule has 0 bridgehead atoms. The van der Waals surface area contributed by atoms with Crippen molar-refractivity contribution in [1.82, 2.24) is 5.32 Å². The molecule has 0 saturated carbocycles. The van der Waals surface area contributed by atoms with Crippen molar-refractivity contribution in [2.24, 2.45) is 0 Å². The van der Waals surface area contributed by atoms with Crippen molar-refractivity contribution < 1.29 is 50.8 Å². The van der Waals surface area contributed by atoms with Crippen molar-refractivity contribution in [2.45, 2.75) is 20.3 Å². The van der Waals surface area contributed by atoms with Crippen LogP contribution < -0.4 is 42.5 Å². The fourth-order valence-corrected chi connectivity index (χ4v) is 1.59. The van der Waals surface area contributed by atoms with Crippen LogP contribution in [0.2, 0.25) is 0 Å². The predicted octanol–water partition coefficient (Wildman–Crippen LogP) is -7.07. The minimum atomic E-state index is -0.204. The molecule has 0 radical (unpaired) electrons. The van der Waals surface area contributed by atoms with E-state index in [1.807, 2.05) is 7.05 Å². The highest BCUT2D eigenvalue weighted by Crippen LogP contribution is 2.03. The van der Waals surface area contributed by atoms with Gasteiger partial charge in [-0.15, -0.1) is 0 Å². The molecule has 8 heteroatoms. The van der Waals surface area contributed by atoms with Crippen LogP contribution in [-0.2, 0) is 9.09 Å². The molecule has 0 aromatic rings. The summed E-state index contributed by atoms with van der Waals surface area (Å²) >= 11 is 0. The Labute approximate surface area is 132 Å². The van der Waals surface area contributed by atoms with Crippen LogP contribution in [0.25, 0.3) is 0 Å². The highest BCUT2D eigenvalue weighted by Gasteiger charge is 2.13. The lowest BCUT2D eigenvalue weighted by Crippen LogP contribution is -3.00. The summed E-state index contributed by atoms with van der Waals surface area (Å²) in [5, 5.41) is 3.14. The molecule has 116 valence electrons. The number of hydrogen-bond acceptors (Lipinski definition) is 3. The number of nitrogens with zero attached hydrogens (tertiary/aromatic N) is 1. The van der Waals surface area contributed by atoms with Crippen molar-refractivity contribution in [3.8, 4) is 0 Å². The fraction of sp³-hybridized carbons (Fsp3) is 1.00. The van der Waals surface area contributed by atoms with Crippen LogP contribution in [0.1, 0.15) is 20.3 Å². The lowest BCUT2D eigenvalue weighted by Gasteiger charge is -2.29. The number of hydrogen-bond donors (Lipinski definition) is 1. The van der Waals surface area contributed by atoms with Gasteiger partial charge in [0.25, 0.3) is 0 Å². The zero-order valence-electron chi connectivity index (χ0n) is 10.6. The molecule has 0 aromatic heterocycles. The maximum atomic E-state index is 10.0. The topological polar surface area (TPSA) is 38.3 Å². The van der Waals surface area contributed by atoms with E-state index in [0.29, 0.717) is 6.61 Å². The van der Waals surface area contributed by atoms with E-state index < -0.39 is 0 Å². The maximum absolute atomic E-state index is 10.0. The summed E-state index contributed by atoms with van der Waals surface area (Å²) in [4.78, 5) is 0. The van der Waals surface area contributed by atoms with Gasteiger partial charge in [0, 0.05) is 19.4 Å². The molecule has 0 atom stereocenters. The van der Waals surface area contributed by atoms with Gasteiger partial charge in [-0.1, -0.05) is 7.43 Å². The number of nitrogens with one attached hydrogen (secondary N) is 1. The van der Waals surface area contributed by atoms with Crippen LogP contribution in [0, 0.1) is 0 Å². The molecule has 18 heavy (non-hydrogen) atoms. The molecule has 0 spiro atoms. The van der Waals surface area contributed by atoms with Crippen LogP contribution >= 0.6 is 8.69 Å². The summed E-state index contributed by atoms with van der Waals surface area (Å²) in [7, 11) is 6.19. The number of halogens is 3. The molecule has 0 aromatic carbocycles. The van der Waals surface area contributed by atoms with Crippen molar-refractivity contribution in [1.29, 1.82) is 0 Å². The Kier molecular flexibility index (Phi) is 35.1. The molecular weight excluding hydrogens is 317 g/mol. The molecule has 0 aliphatic heterocycles. The van der Waals surface area contributed by atoms with Gasteiger partial charge < -0.3 is 47.0 Å². The van der Waals surface area contributed by atoms with Crippen LogP contribution in [-0.4, -0.2) is 51.9 Å². The minimum absolute atomic E-state index is 0. The molecule has 0 aliphatic rings. The standard InChI is InChI=1S/C9H22N2O2P.CH4.3ClH/c1-10-6-4-7-11(2,3)8-5-9-13-14-12;;;;/h10H,4-9H2,1-3H3;1H4;3*1H/q+1;;;;/p-3. The lowest BCUT2D eigenvalue weighted by molar-refractivity contribution is -0.890. The second-order valence-electron chi connectivity index (χ2n) is 4.10. The highest BCUT2D eigenvalue weighted by molar-refractivity contribution is 7.17. The molecule has 0 heterocycles. The quantitative estimate of drug-likeness (QED) is 0.257. The van der Waals surface area contributed by atoms with Crippen LogP contribution in [0.3, 0.4) is 0 Å². The van der Waals surface area contributed by atoms with E-state index in [2.05, 4.69) is 19.4 Å². The monoisotopic (exact) mass is 342 g/mol. The average Bonchev–Trinajstić information content (AvgIpc) is 2.13. The molecule has 4 nitrogen and oxygen atoms in total. The SMILES string of the molecule is C.CNCCC[N+](C)(C)CCCOP=O.[Cl-].[Cl-].[Cl-]. The number of quaternary nitrogens is 1. The van der Waals surface area contributed by atoms with E-state index in [-0.39, 0.29) is 53.3 Å². The van der Waals surface area contributed by atoms with Crippen molar-refractivity contribution in [3.63, 3.8) is 0 Å². The summed E-state index contributed by atoms with van der Waals surface area (Å²) in [5.41, 5.74) is 0. The molecule has 0 fully saturated rings. The number of rotatable bonds is 9. The first-order valence-corrected chi connectivity index (χ1v) is 5.76. The van der Waals surface area contributed by atoms with E-state index in [0.717, 1.165) is 30.5 Å². The predicted molar refractivity (Wildman–Crippen MR) is 65.3 cm³/mol. The second-order valence-corrected chi connectivity index (χ2v) is 4.51. The first kappa shape index (κ1) is 31.3. The van der Waals surface area contributed by atoms with E-state index in [9.17, 15) is 4.57 Å². The van der Waals surface area contributed by atoms with E-state index in [4.69, 9.17) is 4.52 Å². The van der Waals surface area contributed by atoms with E-state index in [1.54, 1.807) is 0 Å². The summed E-state index contributed by atoms with van der Waals surface area (Å²) in [6.07, 6.45) is 2.14. The van der Waals surface area contributed by atoms with Gasteiger partial charge in [-0.2, -0.15) is 0 Å². The Morgan fingerprint density at radius 3 is 2.06 bits per heavy atom.